The number of aryl methyl sites for hydroxylation is 1. The molecular weight excluding hydrogens is 374 g/mol. The highest BCUT2D eigenvalue weighted by molar-refractivity contribution is 7.16. The van der Waals surface area contributed by atoms with Crippen molar-refractivity contribution in [1.82, 2.24) is 15.2 Å². The van der Waals surface area contributed by atoms with Crippen molar-refractivity contribution < 1.29 is 13.9 Å². The molecular formula is C21H23N3O3S. The summed E-state index contributed by atoms with van der Waals surface area (Å²) in [5.41, 5.74) is 1.02. The van der Waals surface area contributed by atoms with Crippen molar-refractivity contribution >= 4 is 17.2 Å². The van der Waals surface area contributed by atoms with E-state index in [0.29, 0.717) is 24.6 Å². The molecule has 0 bridgehead atoms. The number of ether oxygens (including phenoxy) is 1. The predicted octanol–water partition coefficient (Wildman–Crippen LogP) is 3.51. The second-order valence-corrected chi connectivity index (χ2v) is 7.75. The van der Waals surface area contributed by atoms with Crippen LogP contribution in [0.4, 0.5) is 0 Å². The molecule has 1 N–H and O–H groups in total. The Morgan fingerprint density at radius 2 is 2.00 bits per heavy atom. The number of nitrogens with one attached hydrogen (secondary N) is 1. The van der Waals surface area contributed by atoms with Crippen molar-refractivity contribution in [2.75, 3.05) is 32.8 Å². The van der Waals surface area contributed by atoms with Crippen LogP contribution in [0.5, 0.6) is 0 Å². The minimum atomic E-state index is -0.110. The van der Waals surface area contributed by atoms with Gasteiger partial charge in [0.25, 0.3) is 5.91 Å². The monoisotopic (exact) mass is 397 g/mol. The Hall–Kier alpha value is -2.48. The first-order valence-corrected chi connectivity index (χ1v) is 10.2. The molecule has 1 aromatic carbocycles. The van der Waals surface area contributed by atoms with Gasteiger partial charge in [-0.05, 0) is 19.1 Å². The zero-order chi connectivity index (χ0) is 19.3. The average molecular weight is 398 g/mol. The van der Waals surface area contributed by atoms with E-state index >= 15 is 0 Å². The number of amides is 1. The van der Waals surface area contributed by atoms with Crippen LogP contribution in [0.25, 0.3) is 10.6 Å². The Kier molecular flexibility index (Phi) is 5.85. The Labute approximate surface area is 168 Å². The van der Waals surface area contributed by atoms with Gasteiger partial charge in [0, 0.05) is 25.2 Å². The number of carbonyl (C=O) groups is 1. The van der Waals surface area contributed by atoms with Gasteiger partial charge < -0.3 is 14.5 Å². The van der Waals surface area contributed by atoms with Crippen LogP contribution < -0.4 is 5.32 Å². The molecule has 1 fully saturated rings. The van der Waals surface area contributed by atoms with Gasteiger partial charge in [0.15, 0.2) is 0 Å². The molecule has 7 heteroatoms. The molecule has 1 amide bonds. The number of nitrogens with zero attached hydrogens (tertiary/aromatic N) is 2. The summed E-state index contributed by atoms with van der Waals surface area (Å²) >= 11 is 1.40. The van der Waals surface area contributed by atoms with Crippen LogP contribution in [-0.2, 0) is 4.74 Å². The molecule has 1 aliphatic heterocycles. The predicted molar refractivity (Wildman–Crippen MR) is 108 cm³/mol. The van der Waals surface area contributed by atoms with Gasteiger partial charge in [0.05, 0.1) is 25.5 Å². The summed E-state index contributed by atoms with van der Waals surface area (Å²) < 4.78 is 11.3. The largest absolute Gasteiger partial charge is 0.465 e. The van der Waals surface area contributed by atoms with Crippen molar-refractivity contribution in [2.24, 2.45) is 0 Å². The lowest BCUT2D eigenvalue weighted by molar-refractivity contribution is 0.0117. The van der Waals surface area contributed by atoms with E-state index in [1.807, 2.05) is 49.4 Å². The highest BCUT2D eigenvalue weighted by Crippen LogP contribution is 2.26. The number of rotatable bonds is 6. The summed E-state index contributed by atoms with van der Waals surface area (Å²) in [5, 5.41) is 3.90. The van der Waals surface area contributed by atoms with Gasteiger partial charge in [-0.25, -0.2) is 4.98 Å². The van der Waals surface area contributed by atoms with E-state index in [4.69, 9.17) is 9.15 Å². The van der Waals surface area contributed by atoms with E-state index in [1.54, 1.807) is 6.20 Å². The standard InChI is InChI=1S/C21H23N3O3S/c1-15-7-8-18(27-15)17(24-9-11-26-12-10-24)13-22-20(25)19-14-23-21(28-19)16-5-3-2-4-6-16/h2-8,14,17H,9-13H2,1H3,(H,22,25). The quantitative estimate of drug-likeness (QED) is 0.689. The fourth-order valence-corrected chi connectivity index (χ4v) is 4.14. The number of benzene rings is 1. The van der Waals surface area contributed by atoms with Gasteiger partial charge in [0.1, 0.15) is 21.4 Å². The average Bonchev–Trinajstić information content (AvgIpc) is 3.39. The van der Waals surface area contributed by atoms with E-state index in [-0.39, 0.29) is 11.9 Å². The van der Waals surface area contributed by atoms with Crippen LogP contribution in [0.2, 0.25) is 0 Å². The first-order chi connectivity index (χ1) is 13.7. The van der Waals surface area contributed by atoms with Crippen LogP contribution >= 0.6 is 11.3 Å². The number of carbonyl (C=O) groups excluding carboxylic acids is 1. The number of aromatic nitrogens is 1. The van der Waals surface area contributed by atoms with Crippen molar-refractivity contribution in [3.05, 3.63) is 65.1 Å². The van der Waals surface area contributed by atoms with Crippen LogP contribution in [0.15, 0.2) is 53.1 Å². The molecule has 2 aromatic heterocycles. The van der Waals surface area contributed by atoms with Crippen LogP contribution in [0.1, 0.15) is 27.2 Å². The topological polar surface area (TPSA) is 67.6 Å². The van der Waals surface area contributed by atoms with E-state index in [0.717, 1.165) is 35.2 Å². The molecule has 1 unspecified atom stereocenters. The second kappa shape index (κ2) is 8.68. The highest BCUT2D eigenvalue weighted by atomic mass is 32.1. The molecule has 0 spiro atoms. The summed E-state index contributed by atoms with van der Waals surface area (Å²) in [7, 11) is 0. The van der Waals surface area contributed by atoms with Crippen LogP contribution in [0, 0.1) is 6.92 Å². The molecule has 1 atom stereocenters. The highest BCUT2D eigenvalue weighted by Gasteiger charge is 2.26. The normalized spacial score (nSPS) is 16.0. The molecule has 0 aliphatic carbocycles. The maximum atomic E-state index is 12.7. The van der Waals surface area contributed by atoms with E-state index < -0.39 is 0 Å². The van der Waals surface area contributed by atoms with E-state index in [9.17, 15) is 4.79 Å². The van der Waals surface area contributed by atoms with Gasteiger partial charge in [0.2, 0.25) is 0 Å². The van der Waals surface area contributed by atoms with Crippen molar-refractivity contribution in [1.29, 1.82) is 0 Å². The Bertz CT molecular complexity index is 916. The fourth-order valence-electron chi connectivity index (χ4n) is 3.30. The first-order valence-electron chi connectivity index (χ1n) is 9.38. The van der Waals surface area contributed by atoms with Crippen molar-refractivity contribution in [3.63, 3.8) is 0 Å². The Morgan fingerprint density at radius 3 is 2.71 bits per heavy atom. The van der Waals surface area contributed by atoms with Gasteiger partial charge in [-0.2, -0.15) is 0 Å². The van der Waals surface area contributed by atoms with Crippen molar-refractivity contribution in [2.45, 2.75) is 13.0 Å². The lowest BCUT2D eigenvalue weighted by Crippen LogP contribution is -2.43. The number of morpholine rings is 1. The van der Waals surface area contributed by atoms with Crippen LogP contribution in [-0.4, -0.2) is 48.6 Å². The van der Waals surface area contributed by atoms with E-state index in [1.165, 1.54) is 11.3 Å². The minimum absolute atomic E-state index is 0.0111. The molecule has 1 saturated heterocycles. The zero-order valence-electron chi connectivity index (χ0n) is 15.8. The molecule has 28 heavy (non-hydrogen) atoms. The van der Waals surface area contributed by atoms with Gasteiger partial charge in [-0.1, -0.05) is 30.3 Å². The Balaban J connectivity index is 1.45. The van der Waals surface area contributed by atoms with Gasteiger partial charge in [-0.3, -0.25) is 9.69 Å². The molecule has 146 valence electrons. The summed E-state index contributed by atoms with van der Waals surface area (Å²) in [5.74, 6) is 1.63. The number of thiazole rings is 1. The molecule has 6 nitrogen and oxygen atoms in total. The number of hydrogen-bond acceptors (Lipinski definition) is 6. The SMILES string of the molecule is Cc1ccc(C(CNC(=O)c2cnc(-c3ccccc3)s2)N2CCOCC2)o1. The second-order valence-electron chi connectivity index (χ2n) is 6.72. The third-order valence-electron chi connectivity index (χ3n) is 4.78. The number of furan rings is 1. The van der Waals surface area contributed by atoms with Crippen molar-refractivity contribution in [3.8, 4) is 10.6 Å². The lowest BCUT2D eigenvalue weighted by atomic mass is 10.1. The maximum Gasteiger partial charge on any atom is 0.263 e. The molecule has 1 aliphatic rings. The summed E-state index contributed by atoms with van der Waals surface area (Å²) in [6.45, 7) is 5.43. The minimum Gasteiger partial charge on any atom is -0.465 e. The third kappa shape index (κ3) is 4.32. The molecule has 3 heterocycles. The molecule has 0 saturated carbocycles. The molecule has 0 radical (unpaired) electrons. The Morgan fingerprint density at radius 1 is 1.21 bits per heavy atom. The number of hydrogen-bond donors (Lipinski definition) is 1. The summed E-state index contributed by atoms with van der Waals surface area (Å²) in [6.07, 6.45) is 1.64. The smallest absolute Gasteiger partial charge is 0.263 e. The summed E-state index contributed by atoms with van der Waals surface area (Å²) in [6, 6.07) is 13.8. The zero-order valence-corrected chi connectivity index (χ0v) is 16.6. The van der Waals surface area contributed by atoms with Gasteiger partial charge >= 0.3 is 0 Å². The third-order valence-corrected chi connectivity index (χ3v) is 5.83. The van der Waals surface area contributed by atoms with E-state index in [2.05, 4.69) is 15.2 Å². The fraction of sp³-hybridized carbons (Fsp3) is 0.333. The lowest BCUT2D eigenvalue weighted by Gasteiger charge is -2.33. The maximum absolute atomic E-state index is 12.7. The first kappa shape index (κ1) is 18.9. The molecule has 4 rings (SSSR count). The summed E-state index contributed by atoms with van der Waals surface area (Å²) in [4.78, 5) is 20.0. The molecule has 3 aromatic rings. The van der Waals surface area contributed by atoms with Gasteiger partial charge in [-0.15, -0.1) is 11.3 Å². The van der Waals surface area contributed by atoms with Crippen LogP contribution in [0.3, 0.4) is 0 Å².